The molecule has 0 fully saturated rings. The molecule has 0 amide bonds. The number of hydrogen-bond donors (Lipinski definition) is 1. The Labute approximate surface area is 104 Å². The second-order valence-electron chi connectivity index (χ2n) is 4.19. The van der Waals surface area contributed by atoms with Crippen molar-refractivity contribution in [1.82, 2.24) is 9.55 Å². The Bertz CT molecular complexity index is 458. The van der Waals surface area contributed by atoms with Gasteiger partial charge in [-0.1, -0.05) is 13.8 Å². The Hall–Kier alpha value is -1.37. The van der Waals surface area contributed by atoms with Crippen LogP contribution in [0.1, 0.15) is 13.8 Å². The Balaban J connectivity index is 3.00. The maximum Gasteiger partial charge on any atom is 0.347 e. The summed E-state index contributed by atoms with van der Waals surface area (Å²) < 4.78 is 1.28. The molecule has 0 aliphatic heterocycles. The van der Waals surface area contributed by atoms with Crippen LogP contribution in [0.5, 0.6) is 0 Å². The quantitative estimate of drug-likeness (QED) is 0.490. The summed E-state index contributed by atoms with van der Waals surface area (Å²) >= 11 is 4.22. The molecule has 6 nitrogen and oxygen atoms in total. The van der Waals surface area contributed by atoms with Crippen LogP contribution in [0.3, 0.4) is 0 Å². The molecule has 0 aliphatic rings. The third-order valence-corrected chi connectivity index (χ3v) is 3.13. The molecule has 0 aliphatic carbocycles. The predicted octanol–water partition coefficient (Wildman–Crippen LogP) is 1.35. The first-order chi connectivity index (χ1) is 7.95. The summed E-state index contributed by atoms with van der Waals surface area (Å²) in [6, 6.07) is 0. The molecule has 1 aromatic rings. The number of aromatic nitrogens is 2. The summed E-state index contributed by atoms with van der Waals surface area (Å²) in [5.74, 6) is 1.14. The second-order valence-corrected chi connectivity index (χ2v) is 4.56. The van der Waals surface area contributed by atoms with Crippen LogP contribution < -0.4 is 5.69 Å². The molecular formula is C10H15N3O3S. The Morgan fingerprint density at radius 1 is 1.59 bits per heavy atom. The molecule has 17 heavy (non-hydrogen) atoms. The minimum absolute atomic E-state index is 0.175. The van der Waals surface area contributed by atoms with E-state index in [9.17, 15) is 14.9 Å². The first kappa shape index (κ1) is 13.7. The van der Waals surface area contributed by atoms with Gasteiger partial charge in [-0.05, 0) is 17.6 Å². The molecular weight excluding hydrogens is 242 g/mol. The van der Waals surface area contributed by atoms with Crippen molar-refractivity contribution >= 4 is 18.3 Å². The maximum absolute atomic E-state index is 11.5. The van der Waals surface area contributed by atoms with Crippen molar-refractivity contribution in [3.63, 3.8) is 0 Å². The molecule has 94 valence electrons. The van der Waals surface area contributed by atoms with E-state index in [0.717, 1.165) is 6.20 Å². The molecule has 0 saturated carbocycles. The molecule has 0 saturated heterocycles. The standard InChI is InChI=1S/C10H15N3O3S/c1-7(2)8(6-17)4-12-5-9(13(15)16)3-11-10(12)14/h3,5,7-8,17H,4,6H2,1-2H3. The summed E-state index contributed by atoms with van der Waals surface area (Å²) in [5, 5.41) is 10.6. The largest absolute Gasteiger partial charge is 0.347 e. The summed E-state index contributed by atoms with van der Waals surface area (Å²) in [6.07, 6.45) is 2.21. The van der Waals surface area contributed by atoms with Crippen molar-refractivity contribution in [3.05, 3.63) is 33.0 Å². The topological polar surface area (TPSA) is 78.0 Å². The molecule has 0 bridgehead atoms. The van der Waals surface area contributed by atoms with Gasteiger partial charge in [-0.3, -0.25) is 14.7 Å². The molecule has 0 N–H and O–H groups in total. The van der Waals surface area contributed by atoms with Crippen LogP contribution in [0.25, 0.3) is 0 Å². The average Bonchev–Trinajstić information content (AvgIpc) is 2.27. The van der Waals surface area contributed by atoms with Crippen molar-refractivity contribution in [2.45, 2.75) is 20.4 Å². The van der Waals surface area contributed by atoms with E-state index in [-0.39, 0.29) is 11.6 Å². The average molecular weight is 257 g/mol. The van der Waals surface area contributed by atoms with E-state index in [2.05, 4.69) is 17.6 Å². The van der Waals surface area contributed by atoms with E-state index < -0.39 is 10.6 Å². The van der Waals surface area contributed by atoms with Crippen LogP contribution in [-0.2, 0) is 6.54 Å². The zero-order chi connectivity index (χ0) is 13.0. The number of thiol groups is 1. The number of nitro groups is 1. The SMILES string of the molecule is CC(C)C(CS)Cn1cc([N+](=O)[O-])cnc1=O. The minimum Gasteiger partial charge on any atom is -0.292 e. The highest BCUT2D eigenvalue weighted by atomic mass is 32.1. The van der Waals surface area contributed by atoms with Gasteiger partial charge in [-0.2, -0.15) is 17.6 Å². The first-order valence-electron chi connectivity index (χ1n) is 5.27. The van der Waals surface area contributed by atoms with Crippen molar-refractivity contribution in [1.29, 1.82) is 0 Å². The monoisotopic (exact) mass is 257 g/mol. The second kappa shape index (κ2) is 5.81. The molecule has 1 heterocycles. The normalized spacial score (nSPS) is 12.7. The van der Waals surface area contributed by atoms with Gasteiger partial charge in [0.2, 0.25) is 0 Å². The lowest BCUT2D eigenvalue weighted by Gasteiger charge is -2.18. The molecule has 1 unspecified atom stereocenters. The fraction of sp³-hybridized carbons (Fsp3) is 0.600. The summed E-state index contributed by atoms with van der Waals surface area (Å²) in [6.45, 7) is 4.45. The van der Waals surface area contributed by atoms with Crippen LogP contribution in [0, 0.1) is 22.0 Å². The molecule has 0 radical (unpaired) electrons. The molecule has 1 atom stereocenters. The number of rotatable bonds is 5. The van der Waals surface area contributed by atoms with Gasteiger partial charge in [0.1, 0.15) is 6.20 Å². The Kier molecular flexibility index (Phi) is 4.68. The summed E-state index contributed by atoms with van der Waals surface area (Å²) in [7, 11) is 0. The zero-order valence-electron chi connectivity index (χ0n) is 9.74. The van der Waals surface area contributed by atoms with Gasteiger partial charge >= 0.3 is 11.4 Å². The van der Waals surface area contributed by atoms with E-state index >= 15 is 0 Å². The number of nitrogens with zero attached hydrogens (tertiary/aromatic N) is 3. The van der Waals surface area contributed by atoms with Crippen molar-refractivity contribution in [2.24, 2.45) is 11.8 Å². The summed E-state index contributed by atoms with van der Waals surface area (Å²) in [4.78, 5) is 25.0. The van der Waals surface area contributed by atoms with E-state index in [1.807, 2.05) is 13.8 Å². The maximum atomic E-state index is 11.5. The lowest BCUT2D eigenvalue weighted by atomic mass is 9.98. The van der Waals surface area contributed by atoms with Crippen molar-refractivity contribution in [3.8, 4) is 0 Å². The van der Waals surface area contributed by atoms with E-state index in [4.69, 9.17) is 0 Å². The highest BCUT2D eigenvalue weighted by Gasteiger charge is 2.15. The zero-order valence-corrected chi connectivity index (χ0v) is 10.6. The molecule has 1 rings (SSSR count). The third kappa shape index (κ3) is 3.55. The fourth-order valence-electron chi connectivity index (χ4n) is 1.40. The highest BCUT2D eigenvalue weighted by Crippen LogP contribution is 2.15. The first-order valence-corrected chi connectivity index (χ1v) is 5.90. The Morgan fingerprint density at radius 2 is 2.24 bits per heavy atom. The Morgan fingerprint density at radius 3 is 2.71 bits per heavy atom. The van der Waals surface area contributed by atoms with Crippen LogP contribution in [0.4, 0.5) is 5.69 Å². The van der Waals surface area contributed by atoms with Gasteiger partial charge in [0.15, 0.2) is 0 Å². The lowest BCUT2D eigenvalue weighted by Crippen LogP contribution is -2.28. The molecule has 0 aromatic carbocycles. The van der Waals surface area contributed by atoms with Gasteiger partial charge in [-0.15, -0.1) is 0 Å². The third-order valence-electron chi connectivity index (χ3n) is 2.66. The van der Waals surface area contributed by atoms with Crippen LogP contribution >= 0.6 is 12.6 Å². The minimum atomic E-state index is -0.561. The smallest absolute Gasteiger partial charge is 0.292 e. The molecule has 7 heteroatoms. The van der Waals surface area contributed by atoms with Gasteiger partial charge < -0.3 is 0 Å². The van der Waals surface area contributed by atoms with Crippen LogP contribution in [-0.4, -0.2) is 20.2 Å². The number of hydrogen-bond acceptors (Lipinski definition) is 5. The predicted molar refractivity (Wildman–Crippen MR) is 67.3 cm³/mol. The van der Waals surface area contributed by atoms with Crippen LogP contribution in [0.2, 0.25) is 0 Å². The highest BCUT2D eigenvalue weighted by molar-refractivity contribution is 7.80. The van der Waals surface area contributed by atoms with Gasteiger partial charge in [0, 0.05) is 6.54 Å². The van der Waals surface area contributed by atoms with Gasteiger partial charge in [-0.25, -0.2) is 4.79 Å². The van der Waals surface area contributed by atoms with Crippen LogP contribution in [0.15, 0.2) is 17.2 Å². The van der Waals surface area contributed by atoms with E-state index in [1.165, 1.54) is 10.8 Å². The van der Waals surface area contributed by atoms with Crippen molar-refractivity contribution < 1.29 is 4.92 Å². The van der Waals surface area contributed by atoms with E-state index in [1.54, 1.807) is 0 Å². The van der Waals surface area contributed by atoms with Gasteiger partial charge in [0.25, 0.3) is 0 Å². The van der Waals surface area contributed by atoms with Gasteiger partial charge in [0.05, 0.1) is 11.1 Å². The summed E-state index contributed by atoms with van der Waals surface area (Å²) in [5.41, 5.74) is -0.644. The lowest BCUT2D eigenvalue weighted by molar-refractivity contribution is -0.385. The van der Waals surface area contributed by atoms with Crippen molar-refractivity contribution in [2.75, 3.05) is 5.75 Å². The molecule has 1 aromatic heterocycles. The molecule has 0 spiro atoms. The van der Waals surface area contributed by atoms with E-state index in [0.29, 0.717) is 18.2 Å². The fourth-order valence-corrected chi connectivity index (χ4v) is 1.94.